The van der Waals surface area contributed by atoms with E-state index in [-0.39, 0.29) is 44.9 Å². The lowest BCUT2D eigenvalue weighted by atomic mass is 9.86. The third kappa shape index (κ3) is 3.49. The molecule has 1 aliphatic heterocycles. The number of phenols is 3. The molecule has 0 saturated heterocycles. The summed E-state index contributed by atoms with van der Waals surface area (Å²) in [4.78, 5) is 24.4. The number of phenolic OH excluding ortho intramolecular Hbond substituents is 3. The van der Waals surface area contributed by atoms with Crippen molar-refractivity contribution in [3.05, 3.63) is 33.5 Å². The molecule has 0 atom stereocenters. The highest BCUT2D eigenvalue weighted by atomic mass is 16.5. The van der Waals surface area contributed by atoms with Crippen molar-refractivity contribution in [1.82, 2.24) is 0 Å². The number of carbonyl (C=O) groups is 1. The average Bonchev–Trinajstić information content (AvgIpc) is 2.70. The van der Waals surface area contributed by atoms with Crippen LogP contribution in [0.3, 0.4) is 0 Å². The van der Waals surface area contributed by atoms with Gasteiger partial charge in [-0.25, -0.2) is 0 Å². The van der Waals surface area contributed by atoms with E-state index in [0.717, 1.165) is 0 Å². The molecule has 1 aliphatic rings. The van der Waals surface area contributed by atoms with Crippen LogP contribution >= 0.6 is 0 Å². The molecule has 170 valence electrons. The van der Waals surface area contributed by atoms with E-state index in [9.17, 15) is 24.9 Å². The van der Waals surface area contributed by atoms with Crippen molar-refractivity contribution < 1.29 is 34.0 Å². The molecule has 0 bridgehead atoms. The van der Waals surface area contributed by atoms with Crippen LogP contribution in [0.2, 0.25) is 0 Å². The standard InChI is InChI=1S/C24H26O8/c1-23(2,30-11-25)9-7-12-13-8-10-24(3,4)32-20(13)19(29)22-16(12)18(28)17-14(26)5-6-15(27)21(17)31-22/h5-6,11,26-27,29H,7-10H2,1-4H3. The van der Waals surface area contributed by atoms with Crippen LogP contribution in [0.15, 0.2) is 21.3 Å². The van der Waals surface area contributed by atoms with E-state index in [2.05, 4.69) is 0 Å². The summed E-state index contributed by atoms with van der Waals surface area (Å²) in [6.45, 7) is 7.72. The fourth-order valence-electron chi connectivity index (χ4n) is 4.26. The van der Waals surface area contributed by atoms with Gasteiger partial charge in [0, 0.05) is 5.56 Å². The first-order chi connectivity index (χ1) is 15.0. The van der Waals surface area contributed by atoms with Crippen molar-refractivity contribution in [2.45, 2.75) is 64.6 Å². The number of benzene rings is 2. The van der Waals surface area contributed by atoms with Gasteiger partial charge in [0.1, 0.15) is 22.3 Å². The minimum absolute atomic E-state index is 0.111. The maximum Gasteiger partial charge on any atom is 0.293 e. The molecule has 4 rings (SSSR count). The topological polar surface area (TPSA) is 126 Å². The number of aromatic hydroxyl groups is 3. The zero-order valence-corrected chi connectivity index (χ0v) is 18.4. The van der Waals surface area contributed by atoms with Crippen molar-refractivity contribution in [2.75, 3.05) is 0 Å². The number of hydrogen-bond acceptors (Lipinski definition) is 8. The van der Waals surface area contributed by atoms with Crippen LogP contribution in [0.5, 0.6) is 23.0 Å². The third-order valence-corrected chi connectivity index (χ3v) is 6.07. The van der Waals surface area contributed by atoms with E-state index in [1.54, 1.807) is 13.8 Å². The minimum atomic E-state index is -0.787. The van der Waals surface area contributed by atoms with E-state index < -0.39 is 16.6 Å². The smallest absolute Gasteiger partial charge is 0.293 e. The first-order valence-corrected chi connectivity index (χ1v) is 10.4. The van der Waals surface area contributed by atoms with Crippen molar-refractivity contribution in [3.63, 3.8) is 0 Å². The molecular formula is C24H26O8. The van der Waals surface area contributed by atoms with Gasteiger partial charge < -0.3 is 29.2 Å². The summed E-state index contributed by atoms with van der Waals surface area (Å²) in [6.07, 6.45) is 1.95. The molecular weight excluding hydrogens is 416 g/mol. The molecule has 0 unspecified atom stereocenters. The van der Waals surface area contributed by atoms with Gasteiger partial charge in [0.25, 0.3) is 6.47 Å². The Labute approximate surface area is 184 Å². The summed E-state index contributed by atoms with van der Waals surface area (Å²) in [5.74, 6) is -0.757. The number of hydrogen-bond donors (Lipinski definition) is 3. The Morgan fingerprint density at radius 2 is 1.81 bits per heavy atom. The van der Waals surface area contributed by atoms with Gasteiger partial charge in [-0.05, 0) is 71.1 Å². The zero-order chi connectivity index (χ0) is 23.4. The van der Waals surface area contributed by atoms with Crippen LogP contribution in [-0.2, 0) is 22.4 Å². The quantitative estimate of drug-likeness (QED) is 0.307. The van der Waals surface area contributed by atoms with Gasteiger partial charge in [0.15, 0.2) is 22.7 Å². The lowest BCUT2D eigenvalue weighted by Gasteiger charge is -2.34. The second-order valence-electron chi connectivity index (χ2n) is 9.41. The molecule has 3 aromatic rings. The Balaban J connectivity index is 2.08. The van der Waals surface area contributed by atoms with Crippen LogP contribution in [0.25, 0.3) is 21.9 Å². The number of rotatable bonds is 5. The van der Waals surface area contributed by atoms with Gasteiger partial charge in [-0.1, -0.05) is 0 Å². The maximum atomic E-state index is 13.5. The van der Waals surface area contributed by atoms with Gasteiger partial charge in [0.05, 0.1) is 5.39 Å². The number of carbonyl (C=O) groups excluding carboxylic acids is 1. The molecule has 0 radical (unpaired) electrons. The fraction of sp³-hybridized carbons (Fsp3) is 0.417. The van der Waals surface area contributed by atoms with Gasteiger partial charge in [-0.2, -0.15) is 0 Å². The van der Waals surface area contributed by atoms with Gasteiger partial charge >= 0.3 is 0 Å². The van der Waals surface area contributed by atoms with E-state index in [1.165, 1.54) is 12.1 Å². The summed E-state index contributed by atoms with van der Waals surface area (Å²) < 4.78 is 17.0. The Kier molecular flexibility index (Phi) is 4.99. The lowest BCUT2D eigenvalue weighted by molar-refractivity contribution is -0.140. The van der Waals surface area contributed by atoms with Crippen molar-refractivity contribution in [1.29, 1.82) is 0 Å². The van der Waals surface area contributed by atoms with Crippen molar-refractivity contribution in [3.8, 4) is 23.0 Å². The average molecular weight is 442 g/mol. The summed E-state index contributed by atoms with van der Waals surface area (Å²) in [7, 11) is 0. The van der Waals surface area contributed by atoms with E-state index in [0.29, 0.717) is 43.3 Å². The fourth-order valence-corrected chi connectivity index (χ4v) is 4.26. The number of ether oxygens (including phenoxy) is 2. The van der Waals surface area contributed by atoms with Crippen molar-refractivity contribution >= 4 is 28.4 Å². The Bertz CT molecular complexity index is 1300. The Hall–Kier alpha value is -3.42. The molecule has 0 aliphatic carbocycles. The molecule has 0 amide bonds. The normalized spacial score (nSPS) is 15.4. The maximum absolute atomic E-state index is 13.5. The van der Waals surface area contributed by atoms with Crippen LogP contribution in [0.4, 0.5) is 0 Å². The summed E-state index contributed by atoms with van der Waals surface area (Å²) in [5.41, 5.74) is -0.946. The Morgan fingerprint density at radius 3 is 2.50 bits per heavy atom. The molecule has 8 nitrogen and oxygen atoms in total. The molecule has 3 N–H and O–H groups in total. The minimum Gasteiger partial charge on any atom is -0.507 e. The summed E-state index contributed by atoms with van der Waals surface area (Å²) in [6, 6.07) is 2.42. The SMILES string of the molecule is CC(C)(CCc1c2c(c(O)c3oc4c(O)ccc(O)c4c(=O)c13)OC(C)(C)CC2)OC=O. The largest absolute Gasteiger partial charge is 0.507 e. The predicted octanol–water partition coefficient (Wildman–Crippen LogP) is 4.05. The summed E-state index contributed by atoms with van der Waals surface area (Å²) in [5, 5.41) is 31.5. The van der Waals surface area contributed by atoms with Crippen LogP contribution in [-0.4, -0.2) is 33.0 Å². The Morgan fingerprint density at radius 1 is 1.12 bits per heavy atom. The molecule has 32 heavy (non-hydrogen) atoms. The van der Waals surface area contributed by atoms with Gasteiger partial charge in [-0.3, -0.25) is 9.59 Å². The highest BCUT2D eigenvalue weighted by Crippen LogP contribution is 2.48. The van der Waals surface area contributed by atoms with Crippen LogP contribution in [0, 0.1) is 0 Å². The second-order valence-corrected chi connectivity index (χ2v) is 9.41. The van der Waals surface area contributed by atoms with E-state index in [4.69, 9.17) is 13.9 Å². The monoisotopic (exact) mass is 442 g/mol. The first-order valence-electron chi connectivity index (χ1n) is 10.4. The second kappa shape index (κ2) is 7.32. The highest BCUT2D eigenvalue weighted by molar-refractivity contribution is 6.00. The third-order valence-electron chi connectivity index (χ3n) is 6.07. The molecule has 0 fully saturated rings. The highest BCUT2D eigenvalue weighted by Gasteiger charge is 2.35. The van der Waals surface area contributed by atoms with Gasteiger partial charge in [-0.15, -0.1) is 0 Å². The molecule has 0 saturated carbocycles. The van der Waals surface area contributed by atoms with Gasteiger partial charge in [0.2, 0.25) is 11.2 Å². The number of fused-ring (bicyclic) bond motifs is 3. The molecule has 2 aromatic carbocycles. The lowest BCUT2D eigenvalue weighted by Crippen LogP contribution is -2.33. The summed E-state index contributed by atoms with van der Waals surface area (Å²) >= 11 is 0. The predicted molar refractivity (Wildman–Crippen MR) is 118 cm³/mol. The van der Waals surface area contributed by atoms with Crippen molar-refractivity contribution in [2.24, 2.45) is 0 Å². The first kappa shape index (κ1) is 21.8. The molecule has 2 heterocycles. The zero-order valence-electron chi connectivity index (χ0n) is 18.4. The van der Waals surface area contributed by atoms with Crippen LogP contribution in [0.1, 0.15) is 51.7 Å². The molecule has 0 spiro atoms. The van der Waals surface area contributed by atoms with E-state index in [1.807, 2.05) is 13.8 Å². The number of aryl methyl sites for hydroxylation is 1. The van der Waals surface area contributed by atoms with Crippen LogP contribution < -0.4 is 10.2 Å². The molecule has 8 heteroatoms. The van der Waals surface area contributed by atoms with E-state index >= 15 is 0 Å². The molecule has 1 aromatic heterocycles.